The smallest absolute Gasteiger partial charge is 0.132 e. The van der Waals surface area contributed by atoms with Gasteiger partial charge in [-0.2, -0.15) is 5.26 Å². The lowest BCUT2D eigenvalue weighted by Gasteiger charge is -2.35. The van der Waals surface area contributed by atoms with Crippen molar-refractivity contribution in [2.75, 3.05) is 31.1 Å². The number of hydrogen-bond acceptors (Lipinski definition) is 5. The molecule has 1 aliphatic heterocycles. The SMILES string of the molecule is CCc1cc(N2CCN(Cc3cc(C#N)c(C)[nH]3)CC2)ncn1. The zero-order valence-corrected chi connectivity index (χ0v) is 13.7. The molecule has 3 rings (SSSR count). The van der Waals surface area contributed by atoms with Crippen molar-refractivity contribution in [3.8, 4) is 6.07 Å². The number of nitriles is 1. The first kappa shape index (κ1) is 15.5. The van der Waals surface area contributed by atoms with E-state index in [0.717, 1.165) is 67.6 Å². The maximum atomic E-state index is 9.04. The van der Waals surface area contributed by atoms with Gasteiger partial charge in [-0.3, -0.25) is 4.90 Å². The van der Waals surface area contributed by atoms with Crippen LogP contribution in [0.15, 0.2) is 18.5 Å². The number of hydrogen-bond donors (Lipinski definition) is 1. The monoisotopic (exact) mass is 310 g/mol. The molecule has 6 nitrogen and oxygen atoms in total. The van der Waals surface area contributed by atoms with Crippen molar-refractivity contribution < 1.29 is 0 Å². The van der Waals surface area contributed by atoms with Gasteiger partial charge in [0, 0.05) is 55.9 Å². The first-order valence-electron chi connectivity index (χ1n) is 8.06. The molecule has 0 saturated carbocycles. The summed E-state index contributed by atoms with van der Waals surface area (Å²) < 4.78 is 0. The number of rotatable bonds is 4. The molecule has 6 heteroatoms. The zero-order valence-electron chi connectivity index (χ0n) is 13.7. The topological polar surface area (TPSA) is 71.8 Å². The second kappa shape index (κ2) is 6.80. The summed E-state index contributed by atoms with van der Waals surface area (Å²) in [6.45, 7) is 8.82. The van der Waals surface area contributed by atoms with Crippen LogP contribution in [0, 0.1) is 18.3 Å². The fourth-order valence-electron chi connectivity index (χ4n) is 2.96. The molecule has 1 saturated heterocycles. The fraction of sp³-hybridized carbons (Fsp3) is 0.471. The van der Waals surface area contributed by atoms with Gasteiger partial charge in [0.1, 0.15) is 18.2 Å². The largest absolute Gasteiger partial charge is 0.360 e. The van der Waals surface area contributed by atoms with E-state index in [1.54, 1.807) is 6.33 Å². The van der Waals surface area contributed by atoms with Gasteiger partial charge in [-0.05, 0) is 19.4 Å². The lowest BCUT2D eigenvalue weighted by atomic mass is 10.2. The number of aryl methyl sites for hydroxylation is 2. The van der Waals surface area contributed by atoms with Crippen molar-refractivity contribution in [3.63, 3.8) is 0 Å². The summed E-state index contributed by atoms with van der Waals surface area (Å²) in [5, 5.41) is 9.04. The van der Waals surface area contributed by atoms with Gasteiger partial charge in [0.05, 0.1) is 5.56 Å². The summed E-state index contributed by atoms with van der Waals surface area (Å²) in [4.78, 5) is 16.7. The van der Waals surface area contributed by atoms with Crippen molar-refractivity contribution in [1.29, 1.82) is 5.26 Å². The Kier molecular flexibility index (Phi) is 4.58. The Hall–Kier alpha value is -2.39. The van der Waals surface area contributed by atoms with Crippen LogP contribution in [0.4, 0.5) is 5.82 Å². The Morgan fingerprint density at radius 1 is 1.22 bits per heavy atom. The Morgan fingerprint density at radius 2 is 2.00 bits per heavy atom. The highest BCUT2D eigenvalue weighted by Crippen LogP contribution is 2.16. The summed E-state index contributed by atoms with van der Waals surface area (Å²) in [6.07, 6.45) is 2.59. The highest BCUT2D eigenvalue weighted by molar-refractivity contribution is 5.39. The normalized spacial score (nSPS) is 15.6. The molecule has 1 N–H and O–H groups in total. The highest BCUT2D eigenvalue weighted by Gasteiger charge is 2.19. The van der Waals surface area contributed by atoms with Crippen LogP contribution in [0.25, 0.3) is 0 Å². The minimum Gasteiger partial charge on any atom is -0.360 e. The van der Waals surface area contributed by atoms with Crippen molar-refractivity contribution >= 4 is 5.82 Å². The lowest BCUT2D eigenvalue weighted by molar-refractivity contribution is 0.247. The fourth-order valence-corrected chi connectivity index (χ4v) is 2.96. The number of aromatic amines is 1. The number of anilines is 1. The van der Waals surface area contributed by atoms with Crippen LogP contribution in [-0.2, 0) is 13.0 Å². The van der Waals surface area contributed by atoms with Crippen LogP contribution < -0.4 is 4.90 Å². The summed E-state index contributed by atoms with van der Waals surface area (Å²) >= 11 is 0. The Balaban J connectivity index is 1.58. The predicted octanol–water partition coefficient (Wildman–Crippen LogP) is 1.87. The first-order chi connectivity index (χ1) is 11.2. The Labute approximate surface area is 136 Å². The van der Waals surface area contributed by atoms with Crippen LogP contribution in [-0.4, -0.2) is 46.0 Å². The molecule has 2 aromatic heterocycles. The summed E-state index contributed by atoms with van der Waals surface area (Å²) in [5.74, 6) is 1.03. The highest BCUT2D eigenvalue weighted by atomic mass is 15.3. The van der Waals surface area contributed by atoms with E-state index in [1.165, 1.54) is 0 Å². The van der Waals surface area contributed by atoms with Crippen LogP contribution >= 0.6 is 0 Å². The van der Waals surface area contributed by atoms with Gasteiger partial charge in [-0.25, -0.2) is 9.97 Å². The van der Waals surface area contributed by atoms with E-state index in [2.05, 4.69) is 43.8 Å². The quantitative estimate of drug-likeness (QED) is 0.933. The van der Waals surface area contributed by atoms with E-state index >= 15 is 0 Å². The van der Waals surface area contributed by atoms with Gasteiger partial charge < -0.3 is 9.88 Å². The van der Waals surface area contributed by atoms with Crippen LogP contribution in [0.3, 0.4) is 0 Å². The van der Waals surface area contributed by atoms with Crippen molar-refractivity contribution in [3.05, 3.63) is 41.1 Å². The van der Waals surface area contributed by atoms with Crippen molar-refractivity contribution in [1.82, 2.24) is 19.9 Å². The Bertz CT molecular complexity index is 706. The van der Waals surface area contributed by atoms with Crippen molar-refractivity contribution in [2.45, 2.75) is 26.8 Å². The van der Waals surface area contributed by atoms with Crippen LogP contribution in [0.5, 0.6) is 0 Å². The number of aromatic nitrogens is 3. The van der Waals surface area contributed by atoms with E-state index < -0.39 is 0 Å². The predicted molar refractivity (Wildman–Crippen MR) is 89.1 cm³/mol. The third kappa shape index (κ3) is 3.51. The van der Waals surface area contributed by atoms with E-state index in [9.17, 15) is 0 Å². The van der Waals surface area contributed by atoms with Crippen LogP contribution in [0.2, 0.25) is 0 Å². The second-order valence-electron chi connectivity index (χ2n) is 5.93. The molecule has 0 aromatic carbocycles. The van der Waals surface area contributed by atoms with E-state index in [1.807, 2.05) is 13.0 Å². The molecular formula is C17H22N6. The molecule has 0 amide bonds. The summed E-state index contributed by atoms with van der Waals surface area (Å²) in [5.41, 5.74) is 3.90. The van der Waals surface area contributed by atoms with Gasteiger partial charge in [-0.1, -0.05) is 6.92 Å². The van der Waals surface area contributed by atoms with E-state index in [-0.39, 0.29) is 0 Å². The number of piperazine rings is 1. The maximum Gasteiger partial charge on any atom is 0.132 e. The minimum absolute atomic E-state index is 0.742. The van der Waals surface area contributed by atoms with Gasteiger partial charge >= 0.3 is 0 Å². The van der Waals surface area contributed by atoms with Gasteiger partial charge in [-0.15, -0.1) is 0 Å². The molecule has 1 aliphatic rings. The molecule has 0 bridgehead atoms. The second-order valence-corrected chi connectivity index (χ2v) is 5.93. The van der Waals surface area contributed by atoms with Crippen molar-refractivity contribution in [2.24, 2.45) is 0 Å². The van der Waals surface area contributed by atoms with E-state index in [0.29, 0.717) is 0 Å². The number of H-pyrrole nitrogens is 1. The average Bonchev–Trinajstić information content (AvgIpc) is 2.95. The number of nitrogens with one attached hydrogen (secondary N) is 1. The zero-order chi connectivity index (χ0) is 16.2. The van der Waals surface area contributed by atoms with E-state index in [4.69, 9.17) is 5.26 Å². The molecule has 23 heavy (non-hydrogen) atoms. The molecule has 2 aromatic rings. The molecule has 0 atom stereocenters. The number of nitrogens with zero attached hydrogens (tertiary/aromatic N) is 5. The standard InChI is InChI=1S/C17H22N6/c1-3-15-9-17(20-12-19-15)23-6-4-22(5-7-23)11-16-8-14(10-18)13(2)21-16/h8-9,12,21H,3-7,11H2,1-2H3. The maximum absolute atomic E-state index is 9.04. The molecule has 1 fully saturated rings. The van der Waals surface area contributed by atoms with Crippen LogP contribution in [0.1, 0.15) is 29.6 Å². The third-order valence-corrected chi connectivity index (χ3v) is 4.35. The van der Waals surface area contributed by atoms with Gasteiger partial charge in [0.15, 0.2) is 0 Å². The Morgan fingerprint density at radius 3 is 2.65 bits per heavy atom. The van der Waals surface area contributed by atoms with Gasteiger partial charge in [0.25, 0.3) is 0 Å². The molecule has 3 heterocycles. The first-order valence-corrected chi connectivity index (χ1v) is 8.06. The van der Waals surface area contributed by atoms with Gasteiger partial charge in [0.2, 0.25) is 0 Å². The summed E-state index contributed by atoms with van der Waals surface area (Å²) in [6, 6.07) is 6.26. The lowest BCUT2D eigenvalue weighted by Crippen LogP contribution is -2.46. The third-order valence-electron chi connectivity index (χ3n) is 4.35. The average molecular weight is 310 g/mol. The molecule has 0 spiro atoms. The molecular weight excluding hydrogens is 288 g/mol. The molecule has 0 radical (unpaired) electrons. The molecule has 120 valence electrons. The molecule has 0 aliphatic carbocycles. The molecule has 0 unspecified atom stereocenters. The minimum atomic E-state index is 0.742. The summed E-state index contributed by atoms with van der Waals surface area (Å²) in [7, 11) is 0.